The summed E-state index contributed by atoms with van der Waals surface area (Å²) in [7, 11) is -3.75. The van der Waals surface area contributed by atoms with Gasteiger partial charge in [-0.25, -0.2) is 12.8 Å². The highest BCUT2D eigenvalue weighted by atomic mass is 32.2. The Hall–Kier alpha value is -2.39. The number of nitrogens with zero attached hydrogens (tertiary/aromatic N) is 1. The number of halogens is 1. The van der Waals surface area contributed by atoms with Crippen molar-refractivity contribution in [3.8, 4) is 6.07 Å². The molecule has 0 unspecified atom stereocenters. The minimum atomic E-state index is -3.75. The van der Waals surface area contributed by atoms with E-state index in [4.69, 9.17) is 5.26 Å². The molecule has 0 aliphatic heterocycles. The predicted molar refractivity (Wildman–Crippen MR) is 73.1 cm³/mol. The topological polar surface area (TPSA) is 70.0 Å². The number of nitriles is 1. The maximum absolute atomic E-state index is 13.1. The maximum Gasteiger partial charge on any atom is 0.261 e. The van der Waals surface area contributed by atoms with Crippen LogP contribution in [0.3, 0.4) is 0 Å². The maximum atomic E-state index is 13.1. The number of anilines is 1. The Kier molecular flexibility index (Phi) is 3.72. The molecule has 1 N–H and O–H groups in total. The van der Waals surface area contributed by atoms with Gasteiger partial charge in [-0.3, -0.25) is 4.72 Å². The molecule has 0 saturated carbocycles. The van der Waals surface area contributed by atoms with Crippen LogP contribution in [0.5, 0.6) is 0 Å². The van der Waals surface area contributed by atoms with Crippen LogP contribution in [0.15, 0.2) is 47.4 Å². The van der Waals surface area contributed by atoms with Crippen LogP contribution in [-0.2, 0) is 10.0 Å². The van der Waals surface area contributed by atoms with Gasteiger partial charge in [0, 0.05) is 5.69 Å². The number of aryl methyl sites for hydroxylation is 1. The third kappa shape index (κ3) is 2.95. The van der Waals surface area contributed by atoms with Crippen molar-refractivity contribution >= 4 is 15.7 Å². The lowest BCUT2D eigenvalue weighted by Gasteiger charge is -2.09. The first-order valence-corrected chi connectivity index (χ1v) is 7.20. The molecule has 0 aromatic heterocycles. The highest BCUT2D eigenvalue weighted by molar-refractivity contribution is 7.92. The highest BCUT2D eigenvalue weighted by Gasteiger charge is 2.14. The van der Waals surface area contributed by atoms with Gasteiger partial charge in [-0.2, -0.15) is 5.26 Å². The van der Waals surface area contributed by atoms with Crippen molar-refractivity contribution in [2.45, 2.75) is 11.8 Å². The van der Waals surface area contributed by atoms with Crippen molar-refractivity contribution in [3.05, 3.63) is 59.4 Å². The van der Waals surface area contributed by atoms with Crippen molar-refractivity contribution in [1.29, 1.82) is 5.26 Å². The molecular formula is C14H11FN2O2S. The van der Waals surface area contributed by atoms with Crippen molar-refractivity contribution in [2.24, 2.45) is 0 Å². The van der Waals surface area contributed by atoms with Gasteiger partial charge in [-0.15, -0.1) is 0 Å². The van der Waals surface area contributed by atoms with Gasteiger partial charge in [0.25, 0.3) is 10.0 Å². The van der Waals surface area contributed by atoms with Gasteiger partial charge in [0.2, 0.25) is 0 Å². The Labute approximate surface area is 116 Å². The van der Waals surface area contributed by atoms with E-state index in [2.05, 4.69) is 4.72 Å². The number of hydrogen-bond donors (Lipinski definition) is 1. The lowest BCUT2D eigenvalue weighted by atomic mass is 10.2. The summed E-state index contributed by atoms with van der Waals surface area (Å²) in [4.78, 5) is 0.0403. The fourth-order valence-corrected chi connectivity index (χ4v) is 2.68. The molecule has 0 bridgehead atoms. The van der Waals surface area contributed by atoms with E-state index in [0.29, 0.717) is 11.1 Å². The van der Waals surface area contributed by atoms with E-state index in [1.165, 1.54) is 42.5 Å². The Balaban J connectivity index is 2.30. The Bertz CT molecular complexity index is 778. The Morgan fingerprint density at radius 3 is 2.35 bits per heavy atom. The van der Waals surface area contributed by atoms with Crippen LogP contribution in [0.1, 0.15) is 11.1 Å². The van der Waals surface area contributed by atoms with Crippen LogP contribution in [0, 0.1) is 24.1 Å². The van der Waals surface area contributed by atoms with Gasteiger partial charge in [-0.05, 0) is 55.0 Å². The molecule has 0 aliphatic rings. The summed E-state index contributed by atoms with van der Waals surface area (Å²) in [5, 5.41) is 8.67. The largest absolute Gasteiger partial charge is 0.280 e. The quantitative estimate of drug-likeness (QED) is 0.945. The molecule has 2 rings (SSSR count). The van der Waals surface area contributed by atoms with Crippen molar-refractivity contribution in [2.75, 3.05) is 4.72 Å². The predicted octanol–water partition coefficient (Wildman–Crippen LogP) is 2.81. The van der Waals surface area contributed by atoms with Gasteiger partial charge < -0.3 is 0 Å². The molecule has 102 valence electrons. The van der Waals surface area contributed by atoms with Gasteiger partial charge >= 0.3 is 0 Å². The molecule has 20 heavy (non-hydrogen) atoms. The van der Waals surface area contributed by atoms with Crippen molar-refractivity contribution in [1.82, 2.24) is 0 Å². The van der Waals surface area contributed by atoms with E-state index in [0.717, 1.165) is 0 Å². The molecule has 6 heteroatoms. The normalized spacial score (nSPS) is 10.8. The Morgan fingerprint density at radius 2 is 1.80 bits per heavy atom. The molecule has 2 aromatic carbocycles. The summed E-state index contributed by atoms with van der Waals surface area (Å²) in [6.07, 6.45) is 0. The lowest BCUT2D eigenvalue weighted by Crippen LogP contribution is -2.13. The van der Waals surface area contributed by atoms with E-state index >= 15 is 0 Å². The monoisotopic (exact) mass is 290 g/mol. The first kappa shape index (κ1) is 14.0. The smallest absolute Gasteiger partial charge is 0.261 e. The van der Waals surface area contributed by atoms with Gasteiger partial charge in [0.15, 0.2) is 0 Å². The second-order valence-electron chi connectivity index (χ2n) is 4.21. The number of hydrogen-bond acceptors (Lipinski definition) is 3. The molecule has 2 aromatic rings. The summed E-state index contributed by atoms with van der Waals surface area (Å²) in [5.74, 6) is -0.397. The first-order valence-electron chi connectivity index (χ1n) is 5.71. The molecule has 0 atom stereocenters. The standard InChI is InChI=1S/C14H11FN2O2S/c1-10-8-12(4-7-14(10)15)17-20(18,19)13-5-2-11(9-16)3-6-13/h2-8,17H,1H3. The van der Waals surface area contributed by atoms with E-state index in [1.807, 2.05) is 6.07 Å². The molecule has 0 radical (unpaired) electrons. The third-order valence-electron chi connectivity index (χ3n) is 2.70. The molecule has 0 spiro atoms. The summed E-state index contributed by atoms with van der Waals surface area (Å²) >= 11 is 0. The van der Waals surface area contributed by atoms with Gasteiger partial charge in [0.1, 0.15) is 5.82 Å². The van der Waals surface area contributed by atoms with Gasteiger partial charge in [-0.1, -0.05) is 0 Å². The average Bonchev–Trinajstić information content (AvgIpc) is 2.43. The third-order valence-corrected chi connectivity index (χ3v) is 4.10. The molecule has 0 aliphatic carbocycles. The second kappa shape index (κ2) is 5.31. The van der Waals surface area contributed by atoms with Crippen molar-refractivity contribution in [3.63, 3.8) is 0 Å². The fourth-order valence-electron chi connectivity index (χ4n) is 1.63. The van der Waals surface area contributed by atoms with E-state index in [1.54, 1.807) is 6.92 Å². The summed E-state index contributed by atoms with van der Waals surface area (Å²) in [6, 6.07) is 11.4. The number of nitrogens with one attached hydrogen (secondary N) is 1. The molecule has 0 saturated heterocycles. The van der Waals surface area contributed by atoms with E-state index in [9.17, 15) is 12.8 Å². The highest BCUT2D eigenvalue weighted by Crippen LogP contribution is 2.19. The SMILES string of the molecule is Cc1cc(NS(=O)(=O)c2ccc(C#N)cc2)ccc1F. The molecule has 0 fully saturated rings. The molecule has 0 heterocycles. The Morgan fingerprint density at radius 1 is 1.15 bits per heavy atom. The lowest BCUT2D eigenvalue weighted by molar-refractivity contribution is 0.601. The first-order chi connectivity index (χ1) is 9.42. The minimum absolute atomic E-state index is 0.0403. The van der Waals surface area contributed by atoms with Crippen LogP contribution in [0.2, 0.25) is 0 Å². The fraction of sp³-hybridized carbons (Fsp3) is 0.0714. The summed E-state index contributed by atoms with van der Waals surface area (Å²) in [6.45, 7) is 1.55. The number of rotatable bonds is 3. The van der Waals surface area contributed by atoms with Crippen LogP contribution in [0.4, 0.5) is 10.1 Å². The van der Waals surface area contributed by atoms with E-state index in [-0.39, 0.29) is 10.6 Å². The van der Waals surface area contributed by atoms with E-state index < -0.39 is 15.8 Å². The zero-order chi connectivity index (χ0) is 14.8. The summed E-state index contributed by atoms with van der Waals surface area (Å²) in [5.41, 5.74) is 1.01. The zero-order valence-corrected chi connectivity index (χ0v) is 11.4. The molecule has 0 amide bonds. The van der Waals surface area contributed by atoms with Crippen LogP contribution in [0.25, 0.3) is 0 Å². The van der Waals surface area contributed by atoms with Crippen molar-refractivity contribution < 1.29 is 12.8 Å². The van der Waals surface area contributed by atoms with Crippen LogP contribution < -0.4 is 4.72 Å². The average molecular weight is 290 g/mol. The zero-order valence-electron chi connectivity index (χ0n) is 10.6. The molecular weight excluding hydrogens is 279 g/mol. The van der Waals surface area contributed by atoms with Crippen LogP contribution in [-0.4, -0.2) is 8.42 Å². The number of sulfonamides is 1. The second-order valence-corrected chi connectivity index (χ2v) is 5.89. The minimum Gasteiger partial charge on any atom is -0.280 e. The van der Waals surface area contributed by atoms with Gasteiger partial charge in [0.05, 0.1) is 16.5 Å². The number of benzene rings is 2. The summed E-state index contributed by atoms with van der Waals surface area (Å²) < 4.78 is 39.7. The van der Waals surface area contributed by atoms with Crippen LogP contribution >= 0.6 is 0 Å². The molecule has 4 nitrogen and oxygen atoms in total.